The summed E-state index contributed by atoms with van der Waals surface area (Å²) in [5, 5.41) is 0. The van der Waals surface area contributed by atoms with Crippen LogP contribution in [0.25, 0.3) is 0 Å². The lowest BCUT2D eigenvalue weighted by atomic mass is 9.59. The fraction of sp³-hybridized carbons (Fsp3) is 1.00. The molecule has 0 saturated heterocycles. The van der Waals surface area contributed by atoms with Crippen LogP contribution in [-0.4, -0.2) is 23.5 Å². The van der Waals surface area contributed by atoms with Gasteiger partial charge in [-0.3, -0.25) is 4.90 Å². The minimum absolute atomic E-state index is 0.277. The van der Waals surface area contributed by atoms with E-state index in [9.17, 15) is 0 Å². The summed E-state index contributed by atoms with van der Waals surface area (Å²) in [4.78, 5) is 2.77. The first kappa shape index (κ1) is 23.0. The maximum absolute atomic E-state index is 2.77. The summed E-state index contributed by atoms with van der Waals surface area (Å²) in [6.45, 7) is 24.2. The SMILES string of the molecule is CCCC(C(C)C)(N(C)C(C)CC(C)CC)C(C)(C)CC(C)C. The van der Waals surface area contributed by atoms with Crippen LogP contribution in [-0.2, 0) is 0 Å². The third kappa shape index (κ3) is 5.48. The van der Waals surface area contributed by atoms with E-state index in [0.29, 0.717) is 17.4 Å². The van der Waals surface area contributed by atoms with Crippen molar-refractivity contribution in [3.63, 3.8) is 0 Å². The molecule has 0 aromatic rings. The van der Waals surface area contributed by atoms with Crippen LogP contribution >= 0.6 is 0 Å². The first-order chi connectivity index (χ1) is 10.5. The van der Waals surface area contributed by atoms with Crippen molar-refractivity contribution in [2.75, 3.05) is 7.05 Å². The van der Waals surface area contributed by atoms with Crippen molar-refractivity contribution in [3.05, 3.63) is 0 Å². The second-order valence-corrected chi connectivity index (χ2v) is 9.52. The Morgan fingerprint density at radius 3 is 1.78 bits per heavy atom. The molecule has 0 aliphatic heterocycles. The Balaban J connectivity index is 5.74. The Bertz CT molecular complexity index is 318. The molecule has 0 bridgehead atoms. The summed E-state index contributed by atoms with van der Waals surface area (Å²) in [5.74, 6) is 2.23. The first-order valence-corrected chi connectivity index (χ1v) is 10.2. The maximum atomic E-state index is 2.77. The van der Waals surface area contributed by atoms with Gasteiger partial charge in [-0.25, -0.2) is 0 Å². The fourth-order valence-corrected chi connectivity index (χ4v) is 5.35. The molecule has 0 heterocycles. The van der Waals surface area contributed by atoms with Crippen molar-refractivity contribution in [1.82, 2.24) is 4.90 Å². The number of rotatable bonds is 11. The van der Waals surface area contributed by atoms with Crippen LogP contribution in [0.15, 0.2) is 0 Å². The molecule has 0 aromatic carbocycles. The quantitative estimate of drug-likeness (QED) is 0.395. The molecule has 1 nitrogen and oxygen atoms in total. The van der Waals surface area contributed by atoms with E-state index in [-0.39, 0.29) is 5.54 Å². The van der Waals surface area contributed by atoms with E-state index < -0.39 is 0 Å². The zero-order valence-corrected chi connectivity index (χ0v) is 18.3. The van der Waals surface area contributed by atoms with Crippen LogP contribution in [0.4, 0.5) is 0 Å². The van der Waals surface area contributed by atoms with Gasteiger partial charge in [-0.2, -0.15) is 0 Å². The molecule has 0 aliphatic carbocycles. The summed E-state index contributed by atoms with van der Waals surface area (Å²) in [7, 11) is 2.41. The van der Waals surface area contributed by atoms with Crippen molar-refractivity contribution in [2.45, 2.75) is 113 Å². The molecular weight excluding hydrogens is 278 g/mol. The molecule has 0 radical (unpaired) electrons. The molecule has 0 N–H and O–H groups in total. The number of hydrogen-bond acceptors (Lipinski definition) is 1. The Kier molecular flexibility index (Phi) is 9.43. The van der Waals surface area contributed by atoms with E-state index in [1.807, 2.05) is 0 Å². The third-order valence-electron chi connectivity index (χ3n) is 6.41. The number of hydrogen-bond donors (Lipinski definition) is 0. The van der Waals surface area contributed by atoms with Gasteiger partial charge in [-0.1, -0.05) is 75.2 Å². The summed E-state index contributed by atoms with van der Waals surface area (Å²) < 4.78 is 0. The predicted molar refractivity (Wildman–Crippen MR) is 107 cm³/mol. The van der Waals surface area contributed by atoms with Gasteiger partial charge in [0, 0.05) is 11.6 Å². The molecule has 0 spiro atoms. The Hall–Kier alpha value is -0.0400. The highest BCUT2D eigenvalue weighted by molar-refractivity contribution is 5.04. The van der Waals surface area contributed by atoms with Gasteiger partial charge in [0.15, 0.2) is 0 Å². The van der Waals surface area contributed by atoms with Crippen molar-refractivity contribution in [2.24, 2.45) is 23.2 Å². The molecular formula is C22H47N. The second-order valence-electron chi connectivity index (χ2n) is 9.52. The van der Waals surface area contributed by atoms with Gasteiger partial charge in [0.1, 0.15) is 0 Å². The van der Waals surface area contributed by atoms with Crippen LogP contribution < -0.4 is 0 Å². The topological polar surface area (TPSA) is 3.24 Å². The zero-order chi connectivity index (χ0) is 18.4. The van der Waals surface area contributed by atoms with Gasteiger partial charge in [-0.05, 0) is 56.4 Å². The van der Waals surface area contributed by atoms with Crippen molar-refractivity contribution < 1.29 is 0 Å². The molecule has 140 valence electrons. The smallest absolute Gasteiger partial charge is 0.0283 e. The van der Waals surface area contributed by atoms with Crippen LogP contribution in [0.5, 0.6) is 0 Å². The minimum atomic E-state index is 0.277. The van der Waals surface area contributed by atoms with Crippen LogP contribution in [0.3, 0.4) is 0 Å². The van der Waals surface area contributed by atoms with Crippen molar-refractivity contribution >= 4 is 0 Å². The van der Waals surface area contributed by atoms with Gasteiger partial charge in [0.05, 0.1) is 0 Å². The van der Waals surface area contributed by atoms with Gasteiger partial charge in [0.2, 0.25) is 0 Å². The highest BCUT2D eigenvalue weighted by atomic mass is 15.2. The molecule has 3 unspecified atom stereocenters. The second kappa shape index (κ2) is 9.44. The third-order valence-corrected chi connectivity index (χ3v) is 6.41. The molecule has 0 fully saturated rings. The largest absolute Gasteiger partial charge is 0.297 e. The maximum Gasteiger partial charge on any atom is 0.0283 e. The van der Waals surface area contributed by atoms with E-state index in [1.165, 1.54) is 32.1 Å². The zero-order valence-electron chi connectivity index (χ0n) is 18.3. The fourth-order valence-electron chi connectivity index (χ4n) is 5.35. The van der Waals surface area contributed by atoms with Gasteiger partial charge < -0.3 is 0 Å². The van der Waals surface area contributed by atoms with E-state index in [4.69, 9.17) is 0 Å². The lowest BCUT2D eigenvalue weighted by Crippen LogP contribution is -2.62. The van der Waals surface area contributed by atoms with Crippen molar-refractivity contribution in [1.29, 1.82) is 0 Å². The minimum Gasteiger partial charge on any atom is -0.297 e. The predicted octanol–water partition coefficient (Wildman–Crippen LogP) is 7.01. The molecule has 0 aliphatic rings. The van der Waals surface area contributed by atoms with Gasteiger partial charge in [-0.15, -0.1) is 0 Å². The average Bonchev–Trinajstić information content (AvgIpc) is 2.41. The lowest BCUT2D eigenvalue weighted by Gasteiger charge is -2.58. The van der Waals surface area contributed by atoms with Crippen LogP contribution in [0, 0.1) is 23.2 Å². The summed E-state index contributed by atoms with van der Waals surface area (Å²) in [5.41, 5.74) is 0.600. The molecule has 0 aromatic heterocycles. The summed E-state index contributed by atoms with van der Waals surface area (Å²) in [6.07, 6.45) is 6.45. The standard InChI is InChI=1S/C22H47N/c1-12-14-22(18(5)6,21(9,10)16-17(3)4)23(11)20(8)15-19(7)13-2/h17-20H,12-16H2,1-11H3. The molecule has 3 atom stereocenters. The monoisotopic (exact) mass is 325 g/mol. The van der Waals surface area contributed by atoms with Crippen LogP contribution in [0.2, 0.25) is 0 Å². The van der Waals surface area contributed by atoms with E-state index in [1.54, 1.807) is 0 Å². The highest BCUT2D eigenvalue weighted by Gasteiger charge is 2.50. The normalized spacial score (nSPS) is 18.5. The molecule has 0 amide bonds. The highest BCUT2D eigenvalue weighted by Crippen LogP contribution is 2.49. The molecule has 0 saturated carbocycles. The number of nitrogens with zero attached hydrogens (tertiary/aromatic N) is 1. The summed E-state index contributed by atoms with van der Waals surface area (Å²) in [6, 6.07) is 0.644. The Labute approximate surface area is 148 Å². The first-order valence-electron chi connectivity index (χ1n) is 10.2. The van der Waals surface area contributed by atoms with Gasteiger partial charge in [0.25, 0.3) is 0 Å². The average molecular weight is 326 g/mol. The van der Waals surface area contributed by atoms with Crippen LogP contribution in [0.1, 0.15) is 101 Å². The Morgan fingerprint density at radius 2 is 1.43 bits per heavy atom. The van der Waals surface area contributed by atoms with Gasteiger partial charge >= 0.3 is 0 Å². The Morgan fingerprint density at radius 1 is 0.913 bits per heavy atom. The molecule has 23 heavy (non-hydrogen) atoms. The lowest BCUT2D eigenvalue weighted by molar-refractivity contribution is -0.0778. The summed E-state index contributed by atoms with van der Waals surface area (Å²) >= 11 is 0. The van der Waals surface area contributed by atoms with Crippen molar-refractivity contribution in [3.8, 4) is 0 Å². The van der Waals surface area contributed by atoms with E-state index >= 15 is 0 Å². The van der Waals surface area contributed by atoms with E-state index in [0.717, 1.165) is 11.8 Å². The molecule has 1 heteroatoms. The van der Waals surface area contributed by atoms with E-state index in [2.05, 4.69) is 81.2 Å². The molecule has 0 rings (SSSR count).